The van der Waals surface area contributed by atoms with Crippen molar-refractivity contribution in [2.45, 2.75) is 38.6 Å². The first-order valence-electron chi connectivity index (χ1n) is 7.05. The Hall–Kier alpha value is -0.120. The van der Waals surface area contributed by atoms with Gasteiger partial charge in [0.1, 0.15) is 0 Å². The summed E-state index contributed by atoms with van der Waals surface area (Å²) in [5.41, 5.74) is 0. The number of nitrogens with zero attached hydrogens (tertiary/aromatic N) is 1. The normalized spacial score (nSPS) is 26.1. The summed E-state index contributed by atoms with van der Waals surface area (Å²) in [7, 11) is 0. The van der Waals surface area contributed by atoms with Crippen molar-refractivity contribution in [1.29, 1.82) is 0 Å². The molecule has 2 heterocycles. The third-order valence-electron chi connectivity index (χ3n) is 4.06. The molecule has 0 unspecified atom stereocenters. The maximum absolute atomic E-state index is 3.57. The number of hydrogen-bond acceptors (Lipinski definition) is 3. The van der Waals surface area contributed by atoms with Crippen LogP contribution >= 0.6 is 0 Å². The summed E-state index contributed by atoms with van der Waals surface area (Å²) in [4.78, 5) is 2.68. The van der Waals surface area contributed by atoms with Gasteiger partial charge in [0.15, 0.2) is 0 Å². The maximum Gasteiger partial charge on any atom is 0.00912 e. The molecule has 2 fully saturated rings. The third kappa shape index (κ3) is 3.72. The minimum atomic E-state index is 0.786. The Morgan fingerprint density at radius 1 is 1.12 bits per heavy atom. The van der Waals surface area contributed by atoms with Crippen molar-refractivity contribution in [1.82, 2.24) is 15.5 Å². The SMILES string of the molecule is CCNC1CCN(CC2CCNCC2)CC1. The fourth-order valence-electron chi connectivity index (χ4n) is 3.04. The van der Waals surface area contributed by atoms with Crippen molar-refractivity contribution in [3.63, 3.8) is 0 Å². The second kappa shape index (κ2) is 6.58. The van der Waals surface area contributed by atoms with Crippen LogP contribution < -0.4 is 10.6 Å². The fourth-order valence-corrected chi connectivity index (χ4v) is 3.04. The Bertz CT molecular complexity index is 182. The highest BCUT2D eigenvalue weighted by Gasteiger charge is 2.21. The Labute approximate surface area is 100.0 Å². The van der Waals surface area contributed by atoms with E-state index in [0.29, 0.717) is 0 Å². The first-order chi connectivity index (χ1) is 7.88. The van der Waals surface area contributed by atoms with Gasteiger partial charge in [0.25, 0.3) is 0 Å². The molecule has 2 saturated heterocycles. The minimum Gasteiger partial charge on any atom is -0.317 e. The molecule has 0 bridgehead atoms. The van der Waals surface area contributed by atoms with Crippen molar-refractivity contribution >= 4 is 0 Å². The van der Waals surface area contributed by atoms with E-state index in [-0.39, 0.29) is 0 Å². The summed E-state index contributed by atoms with van der Waals surface area (Å²) in [6.45, 7) is 9.77. The Morgan fingerprint density at radius 3 is 2.44 bits per heavy atom. The van der Waals surface area contributed by atoms with E-state index in [2.05, 4.69) is 22.5 Å². The number of rotatable bonds is 4. The monoisotopic (exact) mass is 225 g/mol. The Morgan fingerprint density at radius 2 is 1.81 bits per heavy atom. The van der Waals surface area contributed by atoms with Gasteiger partial charge in [-0.25, -0.2) is 0 Å². The standard InChI is InChI=1S/C13H27N3/c1-2-15-13-5-9-16(10-6-13)11-12-3-7-14-8-4-12/h12-15H,2-11H2,1H3. The van der Waals surface area contributed by atoms with Gasteiger partial charge in [0.2, 0.25) is 0 Å². The zero-order valence-electron chi connectivity index (χ0n) is 10.7. The average molecular weight is 225 g/mol. The van der Waals surface area contributed by atoms with Gasteiger partial charge in [-0.1, -0.05) is 6.92 Å². The molecule has 0 amide bonds. The lowest BCUT2D eigenvalue weighted by molar-refractivity contribution is 0.159. The third-order valence-corrected chi connectivity index (χ3v) is 4.06. The Balaban J connectivity index is 1.64. The van der Waals surface area contributed by atoms with Crippen LogP contribution in [0.15, 0.2) is 0 Å². The molecule has 2 N–H and O–H groups in total. The fraction of sp³-hybridized carbons (Fsp3) is 1.00. The van der Waals surface area contributed by atoms with Crippen molar-refractivity contribution in [3.05, 3.63) is 0 Å². The van der Waals surface area contributed by atoms with Crippen molar-refractivity contribution < 1.29 is 0 Å². The van der Waals surface area contributed by atoms with Crippen LogP contribution in [0.4, 0.5) is 0 Å². The highest BCUT2D eigenvalue weighted by Crippen LogP contribution is 2.17. The first-order valence-corrected chi connectivity index (χ1v) is 7.05. The van der Waals surface area contributed by atoms with E-state index in [1.54, 1.807) is 0 Å². The van der Waals surface area contributed by atoms with E-state index in [1.807, 2.05) is 0 Å². The first kappa shape index (κ1) is 12.3. The van der Waals surface area contributed by atoms with Crippen molar-refractivity contribution in [2.24, 2.45) is 5.92 Å². The van der Waals surface area contributed by atoms with Crippen molar-refractivity contribution in [3.8, 4) is 0 Å². The van der Waals surface area contributed by atoms with E-state index in [9.17, 15) is 0 Å². The van der Waals surface area contributed by atoms with Gasteiger partial charge in [-0.3, -0.25) is 0 Å². The van der Waals surface area contributed by atoms with Gasteiger partial charge in [-0.15, -0.1) is 0 Å². The summed E-state index contributed by atoms with van der Waals surface area (Å²) >= 11 is 0. The number of hydrogen-bond donors (Lipinski definition) is 2. The van der Waals surface area contributed by atoms with Crippen LogP contribution in [0.25, 0.3) is 0 Å². The number of nitrogens with one attached hydrogen (secondary N) is 2. The summed E-state index contributed by atoms with van der Waals surface area (Å²) in [6.07, 6.45) is 5.46. The summed E-state index contributed by atoms with van der Waals surface area (Å²) in [5.74, 6) is 0.955. The van der Waals surface area contributed by atoms with Crippen LogP contribution in [0, 0.1) is 5.92 Å². The van der Waals surface area contributed by atoms with Gasteiger partial charge in [-0.2, -0.15) is 0 Å². The molecule has 0 aliphatic carbocycles. The number of likely N-dealkylation sites (tertiary alicyclic amines) is 1. The van der Waals surface area contributed by atoms with Crippen molar-refractivity contribution in [2.75, 3.05) is 39.3 Å². The molecule has 3 heteroatoms. The second-order valence-corrected chi connectivity index (χ2v) is 5.33. The van der Waals surface area contributed by atoms with Gasteiger partial charge >= 0.3 is 0 Å². The smallest absolute Gasteiger partial charge is 0.00912 e. The summed E-state index contributed by atoms with van der Waals surface area (Å²) in [6, 6.07) is 0.786. The van der Waals surface area contributed by atoms with Crippen LogP contribution in [0.1, 0.15) is 32.6 Å². The van der Waals surface area contributed by atoms with Crippen LogP contribution in [0.5, 0.6) is 0 Å². The van der Waals surface area contributed by atoms with E-state index < -0.39 is 0 Å². The lowest BCUT2D eigenvalue weighted by Gasteiger charge is -2.35. The van der Waals surface area contributed by atoms with E-state index >= 15 is 0 Å². The molecule has 16 heavy (non-hydrogen) atoms. The highest BCUT2D eigenvalue weighted by atomic mass is 15.1. The molecular formula is C13H27N3. The summed E-state index contributed by atoms with van der Waals surface area (Å²) < 4.78 is 0. The molecule has 94 valence electrons. The van der Waals surface area contributed by atoms with Gasteiger partial charge in [-0.05, 0) is 64.3 Å². The minimum absolute atomic E-state index is 0.786. The van der Waals surface area contributed by atoms with E-state index in [0.717, 1.165) is 18.5 Å². The molecule has 0 atom stereocenters. The second-order valence-electron chi connectivity index (χ2n) is 5.33. The molecule has 0 saturated carbocycles. The lowest BCUT2D eigenvalue weighted by atomic mass is 9.96. The molecular weight excluding hydrogens is 198 g/mol. The predicted molar refractivity (Wildman–Crippen MR) is 68.7 cm³/mol. The molecule has 0 aromatic carbocycles. The predicted octanol–water partition coefficient (Wildman–Crippen LogP) is 1.06. The highest BCUT2D eigenvalue weighted by molar-refractivity contribution is 4.79. The molecule has 0 aromatic rings. The molecule has 2 rings (SSSR count). The lowest BCUT2D eigenvalue weighted by Crippen LogP contribution is -2.45. The molecule has 2 aliphatic rings. The van der Waals surface area contributed by atoms with Crippen LogP contribution in [0.2, 0.25) is 0 Å². The Kier molecular flexibility index (Phi) is 5.07. The van der Waals surface area contributed by atoms with Crippen LogP contribution in [-0.4, -0.2) is 50.2 Å². The van der Waals surface area contributed by atoms with Crippen LogP contribution in [-0.2, 0) is 0 Å². The quantitative estimate of drug-likeness (QED) is 0.749. The van der Waals surface area contributed by atoms with Gasteiger partial charge < -0.3 is 15.5 Å². The van der Waals surface area contributed by atoms with Crippen LogP contribution in [0.3, 0.4) is 0 Å². The number of piperidine rings is 2. The average Bonchev–Trinajstić information content (AvgIpc) is 2.33. The molecule has 0 aromatic heterocycles. The molecule has 3 nitrogen and oxygen atoms in total. The zero-order valence-corrected chi connectivity index (χ0v) is 10.7. The van der Waals surface area contributed by atoms with Gasteiger partial charge in [0, 0.05) is 12.6 Å². The molecule has 0 spiro atoms. The van der Waals surface area contributed by atoms with E-state index in [4.69, 9.17) is 0 Å². The van der Waals surface area contributed by atoms with E-state index in [1.165, 1.54) is 58.4 Å². The van der Waals surface area contributed by atoms with Gasteiger partial charge in [0.05, 0.1) is 0 Å². The zero-order chi connectivity index (χ0) is 11.2. The topological polar surface area (TPSA) is 27.3 Å². The largest absolute Gasteiger partial charge is 0.317 e. The maximum atomic E-state index is 3.57. The molecule has 0 radical (unpaired) electrons. The molecule has 2 aliphatic heterocycles. The summed E-state index contributed by atoms with van der Waals surface area (Å²) in [5, 5.41) is 7.02.